The first-order chi connectivity index (χ1) is 2.91. The first-order valence-electron chi connectivity index (χ1n) is 1.75. The molecule has 0 aliphatic rings. The SMILES string of the molecule is C=CCSC=C. The van der Waals surface area contributed by atoms with Crippen molar-refractivity contribution in [3.8, 4) is 0 Å². The molecule has 0 aromatic rings. The quantitative estimate of drug-likeness (QED) is 0.386. The van der Waals surface area contributed by atoms with E-state index < -0.39 is 0 Å². The lowest BCUT2D eigenvalue weighted by atomic mass is 10.8. The summed E-state index contributed by atoms with van der Waals surface area (Å²) in [5.41, 5.74) is 0. The zero-order valence-electron chi connectivity index (χ0n) is 3.68. The minimum atomic E-state index is 0.976. The average Bonchev–Trinajstić information content (AvgIpc) is 1.61. The maximum Gasteiger partial charge on any atom is 0.0152 e. The zero-order valence-corrected chi connectivity index (χ0v) is 4.50. The highest BCUT2D eigenvalue weighted by atomic mass is 32.2. The van der Waals surface area contributed by atoms with E-state index in [-0.39, 0.29) is 0 Å². The van der Waals surface area contributed by atoms with Crippen LogP contribution in [0.15, 0.2) is 24.6 Å². The summed E-state index contributed by atoms with van der Waals surface area (Å²) in [4.78, 5) is 0. The fourth-order valence-corrected chi connectivity index (χ4v) is 0.408. The Labute approximate surface area is 42.9 Å². The summed E-state index contributed by atoms with van der Waals surface area (Å²) in [7, 11) is 0. The Kier molecular flexibility index (Phi) is 4.69. The summed E-state index contributed by atoms with van der Waals surface area (Å²) in [6.07, 6.45) is 1.85. The second-order valence-corrected chi connectivity index (χ2v) is 1.79. The molecular weight excluding hydrogens is 92.1 g/mol. The van der Waals surface area contributed by atoms with Gasteiger partial charge in [0.05, 0.1) is 0 Å². The Bertz CT molecular complexity index is 39.9. The molecule has 0 fully saturated rings. The molecule has 0 bridgehead atoms. The van der Waals surface area contributed by atoms with Crippen molar-refractivity contribution in [1.82, 2.24) is 0 Å². The Morgan fingerprint density at radius 2 is 2.17 bits per heavy atom. The van der Waals surface area contributed by atoms with Crippen LogP contribution in [0.2, 0.25) is 0 Å². The zero-order chi connectivity index (χ0) is 4.83. The predicted molar refractivity (Wildman–Crippen MR) is 32.9 cm³/mol. The van der Waals surface area contributed by atoms with Gasteiger partial charge in [0, 0.05) is 5.75 Å². The molecule has 0 N–H and O–H groups in total. The van der Waals surface area contributed by atoms with Gasteiger partial charge in [-0.1, -0.05) is 12.7 Å². The van der Waals surface area contributed by atoms with Gasteiger partial charge in [-0.05, 0) is 5.41 Å². The Morgan fingerprint density at radius 1 is 1.50 bits per heavy atom. The van der Waals surface area contributed by atoms with E-state index in [4.69, 9.17) is 0 Å². The van der Waals surface area contributed by atoms with Crippen LogP contribution >= 0.6 is 11.8 Å². The molecule has 0 spiro atoms. The third-order valence-corrected chi connectivity index (χ3v) is 0.996. The van der Waals surface area contributed by atoms with Crippen molar-refractivity contribution < 1.29 is 0 Å². The van der Waals surface area contributed by atoms with E-state index in [9.17, 15) is 0 Å². The van der Waals surface area contributed by atoms with Crippen LogP contribution in [0.3, 0.4) is 0 Å². The normalized spacial score (nSPS) is 7.33. The lowest BCUT2D eigenvalue weighted by Gasteiger charge is -1.77. The number of hydrogen-bond donors (Lipinski definition) is 0. The second kappa shape index (κ2) is 4.83. The third-order valence-electron chi connectivity index (χ3n) is 0.332. The summed E-state index contributed by atoms with van der Waals surface area (Å²) in [6, 6.07) is 0. The maximum atomic E-state index is 3.53. The standard InChI is InChI=1S/C5H8S/c1-3-5-6-4-2/h3-4H,1-2,5H2. The van der Waals surface area contributed by atoms with Crippen molar-refractivity contribution >= 4 is 11.8 Å². The molecule has 0 amide bonds. The van der Waals surface area contributed by atoms with Crippen LogP contribution in [0.1, 0.15) is 0 Å². The van der Waals surface area contributed by atoms with Crippen LogP contribution in [-0.2, 0) is 0 Å². The first kappa shape index (κ1) is 5.83. The summed E-state index contributed by atoms with van der Waals surface area (Å²) in [5.74, 6) is 0.976. The molecule has 0 aromatic heterocycles. The van der Waals surface area contributed by atoms with E-state index in [1.807, 2.05) is 11.5 Å². The molecular formula is C5H8S. The predicted octanol–water partition coefficient (Wildman–Crippen LogP) is 2.05. The summed E-state index contributed by atoms with van der Waals surface area (Å²) >= 11 is 1.65. The summed E-state index contributed by atoms with van der Waals surface area (Å²) in [5, 5.41) is 1.81. The molecule has 34 valence electrons. The fraction of sp³-hybridized carbons (Fsp3) is 0.200. The molecule has 0 aliphatic carbocycles. The Morgan fingerprint density at radius 3 is 2.33 bits per heavy atom. The lowest BCUT2D eigenvalue weighted by Crippen LogP contribution is -1.56. The summed E-state index contributed by atoms with van der Waals surface area (Å²) in [6.45, 7) is 7.04. The fourth-order valence-electron chi connectivity index (χ4n) is 0.136. The van der Waals surface area contributed by atoms with Crippen LogP contribution in [0.5, 0.6) is 0 Å². The highest BCUT2D eigenvalue weighted by Crippen LogP contribution is 1.96. The maximum absolute atomic E-state index is 3.53. The minimum absolute atomic E-state index is 0.976. The van der Waals surface area contributed by atoms with Crippen molar-refractivity contribution in [2.24, 2.45) is 0 Å². The Balaban J connectivity index is 2.66. The molecule has 0 rings (SSSR count). The van der Waals surface area contributed by atoms with Gasteiger partial charge < -0.3 is 0 Å². The molecule has 6 heavy (non-hydrogen) atoms. The third kappa shape index (κ3) is 3.83. The molecule has 0 radical (unpaired) electrons. The van der Waals surface area contributed by atoms with Gasteiger partial charge in [0.15, 0.2) is 0 Å². The van der Waals surface area contributed by atoms with Crippen molar-refractivity contribution in [1.29, 1.82) is 0 Å². The summed E-state index contributed by atoms with van der Waals surface area (Å²) < 4.78 is 0. The smallest absolute Gasteiger partial charge is 0.0152 e. The molecule has 0 saturated heterocycles. The van der Waals surface area contributed by atoms with Crippen molar-refractivity contribution in [2.75, 3.05) is 5.75 Å². The van der Waals surface area contributed by atoms with Crippen molar-refractivity contribution in [2.45, 2.75) is 0 Å². The van der Waals surface area contributed by atoms with Crippen LogP contribution in [-0.4, -0.2) is 5.75 Å². The molecule has 0 heterocycles. The van der Waals surface area contributed by atoms with Crippen molar-refractivity contribution in [3.05, 3.63) is 24.6 Å². The highest BCUT2D eigenvalue weighted by molar-refractivity contribution is 8.02. The van der Waals surface area contributed by atoms with Gasteiger partial charge in [-0.25, -0.2) is 0 Å². The monoisotopic (exact) mass is 100 g/mol. The molecule has 0 aliphatic heterocycles. The van der Waals surface area contributed by atoms with Gasteiger partial charge in [-0.2, -0.15) is 0 Å². The van der Waals surface area contributed by atoms with E-state index in [0.717, 1.165) is 5.75 Å². The Hall–Kier alpha value is -0.170. The van der Waals surface area contributed by atoms with Gasteiger partial charge in [0.1, 0.15) is 0 Å². The first-order valence-corrected chi connectivity index (χ1v) is 2.80. The van der Waals surface area contributed by atoms with Gasteiger partial charge in [-0.15, -0.1) is 18.3 Å². The number of hydrogen-bond acceptors (Lipinski definition) is 1. The van der Waals surface area contributed by atoms with E-state index in [0.29, 0.717) is 0 Å². The lowest BCUT2D eigenvalue weighted by molar-refractivity contribution is 1.83. The van der Waals surface area contributed by atoms with Gasteiger partial charge in [0.2, 0.25) is 0 Å². The van der Waals surface area contributed by atoms with Gasteiger partial charge in [0.25, 0.3) is 0 Å². The molecule has 0 saturated carbocycles. The molecule has 0 atom stereocenters. The van der Waals surface area contributed by atoms with Crippen LogP contribution in [0.4, 0.5) is 0 Å². The van der Waals surface area contributed by atoms with Gasteiger partial charge >= 0.3 is 0 Å². The topological polar surface area (TPSA) is 0 Å². The van der Waals surface area contributed by atoms with E-state index >= 15 is 0 Å². The van der Waals surface area contributed by atoms with Crippen LogP contribution in [0.25, 0.3) is 0 Å². The highest BCUT2D eigenvalue weighted by Gasteiger charge is 1.65. The van der Waals surface area contributed by atoms with E-state index in [1.165, 1.54) is 0 Å². The van der Waals surface area contributed by atoms with Gasteiger partial charge in [-0.3, -0.25) is 0 Å². The average molecular weight is 100 g/mol. The largest absolute Gasteiger partial charge is 0.131 e. The van der Waals surface area contributed by atoms with Crippen molar-refractivity contribution in [3.63, 3.8) is 0 Å². The van der Waals surface area contributed by atoms with E-state index in [2.05, 4.69) is 13.2 Å². The molecule has 0 unspecified atom stereocenters. The number of rotatable bonds is 3. The molecule has 0 aromatic carbocycles. The van der Waals surface area contributed by atoms with Crippen LogP contribution in [0, 0.1) is 0 Å². The van der Waals surface area contributed by atoms with E-state index in [1.54, 1.807) is 11.8 Å². The minimum Gasteiger partial charge on any atom is -0.131 e. The second-order valence-electron chi connectivity index (χ2n) is 0.789. The molecule has 0 nitrogen and oxygen atoms in total. The number of thioether (sulfide) groups is 1. The van der Waals surface area contributed by atoms with Crippen LogP contribution < -0.4 is 0 Å². The molecule has 1 heteroatoms.